The standard InChI is InChI=1S/C20H33N3O2.HI/c1-17-5-7-19(8-6-17)25-14-4-12-22-20(21-2)23(3)13-9-18-10-15-24-16-11-18;/h5-8,18H,4,9-16H2,1-3H3,(H,21,22);1H. The Bertz CT molecular complexity index is 516. The second-order valence-electron chi connectivity index (χ2n) is 6.76. The summed E-state index contributed by atoms with van der Waals surface area (Å²) in [5.41, 5.74) is 1.25. The lowest BCUT2D eigenvalue weighted by atomic mass is 9.96. The van der Waals surface area contributed by atoms with Crippen molar-refractivity contribution in [3.63, 3.8) is 0 Å². The molecule has 1 N–H and O–H groups in total. The highest BCUT2D eigenvalue weighted by atomic mass is 127. The van der Waals surface area contributed by atoms with Gasteiger partial charge in [-0.1, -0.05) is 17.7 Å². The molecule has 0 aromatic heterocycles. The van der Waals surface area contributed by atoms with Crippen molar-refractivity contribution in [2.75, 3.05) is 47.0 Å². The van der Waals surface area contributed by atoms with Crippen molar-refractivity contribution in [3.05, 3.63) is 29.8 Å². The van der Waals surface area contributed by atoms with Gasteiger partial charge in [-0.25, -0.2) is 0 Å². The summed E-state index contributed by atoms with van der Waals surface area (Å²) in [6.07, 6.45) is 4.53. The Labute approximate surface area is 175 Å². The minimum atomic E-state index is 0. The van der Waals surface area contributed by atoms with Crippen molar-refractivity contribution in [3.8, 4) is 5.75 Å². The average Bonchev–Trinajstić information content (AvgIpc) is 2.65. The molecule has 0 aliphatic carbocycles. The van der Waals surface area contributed by atoms with Gasteiger partial charge < -0.3 is 19.7 Å². The fraction of sp³-hybridized carbons (Fsp3) is 0.650. The summed E-state index contributed by atoms with van der Waals surface area (Å²) in [6.45, 7) is 6.52. The number of ether oxygens (including phenoxy) is 2. The molecular formula is C20H34IN3O2. The minimum Gasteiger partial charge on any atom is -0.494 e. The molecule has 1 saturated heterocycles. The maximum atomic E-state index is 5.76. The molecule has 0 radical (unpaired) electrons. The largest absolute Gasteiger partial charge is 0.494 e. The number of guanidine groups is 1. The van der Waals surface area contributed by atoms with Gasteiger partial charge in [-0.15, -0.1) is 24.0 Å². The van der Waals surface area contributed by atoms with Crippen molar-refractivity contribution >= 4 is 29.9 Å². The van der Waals surface area contributed by atoms with Crippen LogP contribution in [0, 0.1) is 12.8 Å². The zero-order chi connectivity index (χ0) is 17.9. The third kappa shape index (κ3) is 8.58. The van der Waals surface area contributed by atoms with Crippen LogP contribution in [-0.2, 0) is 4.74 Å². The molecule has 1 aromatic rings. The average molecular weight is 475 g/mol. The molecule has 26 heavy (non-hydrogen) atoms. The zero-order valence-electron chi connectivity index (χ0n) is 16.4. The zero-order valence-corrected chi connectivity index (χ0v) is 18.7. The molecular weight excluding hydrogens is 441 g/mol. The van der Waals surface area contributed by atoms with Crippen LogP contribution < -0.4 is 10.1 Å². The first-order valence-corrected chi connectivity index (χ1v) is 9.38. The Balaban J connectivity index is 0.00000338. The molecule has 1 heterocycles. The first-order valence-electron chi connectivity index (χ1n) is 9.38. The second-order valence-corrected chi connectivity index (χ2v) is 6.76. The molecule has 1 aliphatic rings. The number of hydrogen-bond donors (Lipinski definition) is 1. The predicted molar refractivity (Wildman–Crippen MR) is 119 cm³/mol. The summed E-state index contributed by atoms with van der Waals surface area (Å²) in [7, 11) is 3.95. The lowest BCUT2D eigenvalue weighted by Gasteiger charge is -2.26. The molecule has 5 nitrogen and oxygen atoms in total. The van der Waals surface area contributed by atoms with E-state index in [0.29, 0.717) is 6.61 Å². The lowest BCUT2D eigenvalue weighted by Crippen LogP contribution is -2.40. The summed E-state index contributed by atoms with van der Waals surface area (Å²) >= 11 is 0. The highest BCUT2D eigenvalue weighted by molar-refractivity contribution is 14.0. The maximum absolute atomic E-state index is 5.76. The molecule has 2 rings (SSSR count). The monoisotopic (exact) mass is 475 g/mol. The lowest BCUT2D eigenvalue weighted by molar-refractivity contribution is 0.0625. The summed E-state index contributed by atoms with van der Waals surface area (Å²) in [4.78, 5) is 6.60. The van der Waals surface area contributed by atoms with Crippen molar-refractivity contribution in [2.45, 2.75) is 32.6 Å². The van der Waals surface area contributed by atoms with Gasteiger partial charge in [-0.2, -0.15) is 0 Å². The van der Waals surface area contributed by atoms with Crippen molar-refractivity contribution < 1.29 is 9.47 Å². The van der Waals surface area contributed by atoms with Crippen LogP contribution >= 0.6 is 24.0 Å². The molecule has 148 valence electrons. The van der Waals surface area contributed by atoms with E-state index in [9.17, 15) is 0 Å². The van der Waals surface area contributed by atoms with Gasteiger partial charge in [0.25, 0.3) is 0 Å². The molecule has 0 unspecified atom stereocenters. The van der Waals surface area contributed by atoms with Gasteiger partial charge in [0.2, 0.25) is 0 Å². The fourth-order valence-electron chi connectivity index (χ4n) is 3.00. The van der Waals surface area contributed by atoms with Crippen LogP contribution in [0.15, 0.2) is 29.3 Å². The summed E-state index contributed by atoms with van der Waals surface area (Å²) in [6, 6.07) is 8.18. The molecule has 0 saturated carbocycles. The van der Waals surface area contributed by atoms with E-state index >= 15 is 0 Å². The fourth-order valence-corrected chi connectivity index (χ4v) is 3.00. The first kappa shape index (κ1) is 23.0. The number of rotatable bonds is 8. The molecule has 6 heteroatoms. The van der Waals surface area contributed by atoms with Crippen LogP contribution in [0.2, 0.25) is 0 Å². The number of benzene rings is 1. The number of hydrogen-bond acceptors (Lipinski definition) is 3. The van der Waals surface area contributed by atoms with Crippen LogP contribution in [0.5, 0.6) is 5.75 Å². The van der Waals surface area contributed by atoms with Gasteiger partial charge in [-0.3, -0.25) is 4.99 Å². The normalized spacial score (nSPS) is 15.3. The summed E-state index contributed by atoms with van der Waals surface area (Å²) < 4.78 is 11.2. The van der Waals surface area contributed by atoms with Gasteiger partial charge in [-0.05, 0) is 50.7 Å². The summed E-state index contributed by atoms with van der Waals surface area (Å²) in [5.74, 6) is 2.68. The van der Waals surface area contributed by atoms with E-state index < -0.39 is 0 Å². The predicted octanol–water partition coefficient (Wildman–Crippen LogP) is 3.71. The molecule has 1 aliphatic heterocycles. The van der Waals surface area contributed by atoms with E-state index in [1.54, 1.807) is 0 Å². The third-order valence-corrected chi connectivity index (χ3v) is 4.68. The highest BCUT2D eigenvalue weighted by Gasteiger charge is 2.15. The van der Waals surface area contributed by atoms with Crippen LogP contribution in [0.1, 0.15) is 31.2 Å². The quantitative estimate of drug-likeness (QED) is 0.270. The highest BCUT2D eigenvalue weighted by Crippen LogP contribution is 2.18. The van der Waals surface area contributed by atoms with E-state index in [4.69, 9.17) is 9.47 Å². The molecule has 1 aromatic carbocycles. The number of aliphatic imine (C=N–C) groups is 1. The molecule has 0 atom stereocenters. The van der Waals surface area contributed by atoms with E-state index in [2.05, 4.69) is 41.3 Å². The Hall–Kier alpha value is -1.02. The Morgan fingerprint density at radius 3 is 2.62 bits per heavy atom. The molecule has 0 spiro atoms. The maximum Gasteiger partial charge on any atom is 0.193 e. The van der Waals surface area contributed by atoms with Gasteiger partial charge in [0, 0.05) is 40.4 Å². The Kier molecular flexibility index (Phi) is 11.7. The third-order valence-electron chi connectivity index (χ3n) is 4.68. The smallest absolute Gasteiger partial charge is 0.193 e. The topological polar surface area (TPSA) is 46.1 Å². The molecule has 1 fully saturated rings. The number of nitrogens with zero attached hydrogens (tertiary/aromatic N) is 2. The van der Waals surface area contributed by atoms with Crippen molar-refractivity contribution in [2.24, 2.45) is 10.9 Å². The van der Waals surface area contributed by atoms with Gasteiger partial charge in [0.15, 0.2) is 5.96 Å². The number of nitrogens with one attached hydrogen (secondary N) is 1. The van der Waals surface area contributed by atoms with Crippen LogP contribution in [-0.4, -0.2) is 57.9 Å². The van der Waals surface area contributed by atoms with Gasteiger partial charge in [0.05, 0.1) is 6.61 Å². The van der Waals surface area contributed by atoms with Gasteiger partial charge in [0.1, 0.15) is 5.75 Å². The van der Waals surface area contributed by atoms with Crippen molar-refractivity contribution in [1.29, 1.82) is 0 Å². The van der Waals surface area contributed by atoms with E-state index in [0.717, 1.165) is 50.4 Å². The SMILES string of the molecule is CN=C(NCCCOc1ccc(C)cc1)N(C)CCC1CCOCC1.I. The van der Waals surface area contributed by atoms with Crippen LogP contribution in [0.4, 0.5) is 0 Å². The van der Waals surface area contributed by atoms with Crippen molar-refractivity contribution in [1.82, 2.24) is 10.2 Å². The minimum absolute atomic E-state index is 0. The number of halogens is 1. The first-order chi connectivity index (χ1) is 12.2. The number of aryl methyl sites for hydroxylation is 1. The van der Waals surface area contributed by atoms with E-state index in [1.165, 1.54) is 24.8 Å². The van der Waals surface area contributed by atoms with Crippen LogP contribution in [0.3, 0.4) is 0 Å². The second kappa shape index (κ2) is 13.2. The Morgan fingerprint density at radius 2 is 1.96 bits per heavy atom. The van der Waals surface area contributed by atoms with E-state index in [1.807, 2.05) is 19.2 Å². The summed E-state index contributed by atoms with van der Waals surface area (Å²) in [5, 5.41) is 3.42. The Morgan fingerprint density at radius 1 is 1.27 bits per heavy atom. The van der Waals surface area contributed by atoms with Gasteiger partial charge >= 0.3 is 0 Å². The van der Waals surface area contributed by atoms with E-state index in [-0.39, 0.29) is 24.0 Å². The molecule has 0 amide bonds. The van der Waals surface area contributed by atoms with Crippen LogP contribution in [0.25, 0.3) is 0 Å². The molecule has 0 bridgehead atoms.